The standard InChI is InChI=1S/C9H6F3NO2/c1-5(9(10,11)12)6-2-7(8(14)15)4-13-3-6/h2-4H,1H2,(H,14,15). The monoisotopic (exact) mass is 217 g/mol. The summed E-state index contributed by atoms with van der Waals surface area (Å²) in [6.07, 6.45) is -2.70. The van der Waals surface area contributed by atoms with Crippen LogP contribution >= 0.6 is 0 Å². The molecule has 0 aliphatic carbocycles. The molecule has 1 heterocycles. The molecule has 0 atom stereocenters. The molecule has 80 valence electrons. The van der Waals surface area contributed by atoms with Crippen molar-refractivity contribution < 1.29 is 23.1 Å². The third-order valence-electron chi connectivity index (χ3n) is 1.68. The lowest BCUT2D eigenvalue weighted by molar-refractivity contribution is -0.0686. The highest BCUT2D eigenvalue weighted by molar-refractivity contribution is 5.88. The van der Waals surface area contributed by atoms with Gasteiger partial charge in [0.1, 0.15) is 0 Å². The maximum absolute atomic E-state index is 12.2. The minimum Gasteiger partial charge on any atom is -0.478 e. The predicted molar refractivity (Wildman–Crippen MR) is 46.3 cm³/mol. The van der Waals surface area contributed by atoms with Crippen molar-refractivity contribution in [3.05, 3.63) is 36.2 Å². The first-order chi connectivity index (χ1) is 6.82. The fourth-order valence-electron chi connectivity index (χ4n) is 0.886. The number of allylic oxidation sites excluding steroid dienone is 1. The Hall–Kier alpha value is -1.85. The molecule has 15 heavy (non-hydrogen) atoms. The lowest BCUT2D eigenvalue weighted by Gasteiger charge is -2.09. The van der Waals surface area contributed by atoms with E-state index in [-0.39, 0.29) is 11.1 Å². The van der Waals surface area contributed by atoms with Crippen LogP contribution in [-0.2, 0) is 0 Å². The molecule has 3 nitrogen and oxygen atoms in total. The molecular formula is C9H6F3NO2. The van der Waals surface area contributed by atoms with Crippen LogP contribution in [0.25, 0.3) is 5.57 Å². The molecule has 1 aromatic rings. The summed E-state index contributed by atoms with van der Waals surface area (Å²) in [5.74, 6) is -1.33. The van der Waals surface area contributed by atoms with Crippen LogP contribution in [0.15, 0.2) is 25.0 Å². The van der Waals surface area contributed by atoms with E-state index in [1.807, 2.05) is 0 Å². The molecule has 0 aliphatic rings. The van der Waals surface area contributed by atoms with Gasteiger partial charge in [0.2, 0.25) is 0 Å². The van der Waals surface area contributed by atoms with Gasteiger partial charge in [-0.3, -0.25) is 4.98 Å². The van der Waals surface area contributed by atoms with Crippen molar-refractivity contribution in [3.8, 4) is 0 Å². The van der Waals surface area contributed by atoms with Gasteiger partial charge < -0.3 is 5.11 Å². The average Bonchev–Trinajstić information content (AvgIpc) is 2.15. The van der Waals surface area contributed by atoms with Gasteiger partial charge in [0.25, 0.3) is 0 Å². The van der Waals surface area contributed by atoms with E-state index >= 15 is 0 Å². The first-order valence-corrected chi connectivity index (χ1v) is 3.77. The van der Waals surface area contributed by atoms with Gasteiger partial charge in [-0.2, -0.15) is 13.2 Å². The highest BCUT2D eigenvalue weighted by Crippen LogP contribution is 2.31. The second kappa shape index (κ2) is 3.72. The Morgan fingerprint density at radius 2 is 1.87 bits per heavy atom. The van der Waals surface area contributed by atoms with E-state index < -0.39 is 17.7 Å². The zero-order valence-electron chi connectivity index (χ0n) is 7.38. The van der Waals surface area contributed by atoms with E-state index in [1.54, 1.807) is 0 Å². The topological polar surface area (TPSA) is 50.2 Å². The van der Waals surface area contributed by atoms with Crippen LogP contribution in [0.2, 0.25) is 0 Å². The van der Waals surface area contributed by atoms with Gasteiger partial charge in [0.15, 0.2) is 0 Å². The summed E-state index contributed by atoms with van der Waals surface area (Å²) < 4.78 is 36.6. The highest BCUT2D eigenvalue weighted by atomic mass is 19.4. The molecule has 0 aromatic carbocycles. The SMILES string of the molecule is C=C(c1cncc(C(=O)O)c1)C(F)(F)F. The number of hydrogen-bond donors (Lipinski definition) is 1. The number of carboxylic acids is 1. The molecule has 0 fully saturated rings. The maximum Gasteiger partial charge on any atom is 0.416 e. The van der Waals surface area contributed by atoms with Gasteiger partial charge >= 0.3 is 12.1 Å². The van der Waals surface area contributed by atoms with Crippen LogP contribution < -0.4 is 0 Å². The summed E-state index contributed by atoms with van der Waals surface area (Å²) in [6.45, 7) is 2.84. The summed E-state index contributed by atoms with van der Waals surface area (Å²) in [5, 5.41) is 8.54. The Kier molecular flexibility index (Phi) is 2.78. The second-order valence-corrected chi connectivity index (χ2v) is 2.74. The zero-order valence-corrected chi connectivity index (χ0v) is 7.38. The second-order valence-electron chi connectivity index (χ2n) is 2.74. The number of halogens is 3. The summed E-state index contributed by atoms with van der Waals surface area (Å²) in [4.78, 5) is 13.9. The molecular weight excluding hydrogens is 211 g/mol. The quantitative estimate of drug-likeness (QED) is 0.827. The Bertz CT molecular complexity index is 412. The smallest absolute Gasteiger partial charge is 0.416 e. The number of carboxylic acid groups (broad SMARTS) is 1. The third kappa shape index (κ3) is 2.55. The molecule has 1 N–H and O–H groups in total. The normalized spacial score (nSPS) is 11.1. The van der Waals surface area contributed by atoms with Crippen LogP contribution in [0, 0.1) is 0 Å². The number of hydrogen-bond acceptors (Lipinski definition) is 2. The summed E-state index contributed by atoms with van der Waals surface area (Å²) in [6, 6.07) is 0.880. The first-order valence-electron chi connectivity index (χ1n) is 3.77. The van der Waals surface area contributed by atoms with Crippen molar-refractivity contribution >= 4 is 11.5 Å². The number of carbonyl (C=O) groups is 1. The van der Waals surface area contributed by atoms with Gasteiger partial charge in [0, 0.05) is 18.0 Å². The van der Waals surface area contributed by atoms with Gasteiger partial charge in [-0.25, -0.2) is 4.79 Å². The van der Waals surface area contributed by atoms with Crippen molar-refractivity contribution in [2.75, 3.05) is 0 Å². The number of aromatic nitrogens is 1. The van der Waals surface area contributed by atoms with Gasteiger partial charge in [-0.1, -0.05) is 6.58 Å². The lowest BCUT2D eigenvalue weighted by atomic mass is 10.1. The lowest BCUT2D eigenvalue weighted by Crippen LogP contribution is -2.10. The van der Waals surface area contributed by atoms with E-state index in [1.165, 1.54) is 0 Å². The Balaban J connectivity index is 3.12. The van der Waals surface area contributed by atoms with E-state index in [9.17, 15) is 18.0 Å². The van der Waals surface area contributed by atoms with Gasteiger partial charge in [-0.15, -0.1) is 0 Å². The van der Waals surface area contributed by atoms with Crippen molar-refractivity contribution in [2.45, 2.75) is 6.18 Å². The molecule has 0 aliphatic heterocycles. The van der Waals surface area contributed by atoms with E-state index in [2.05, 4.69) is 11.6 Å². The molecule has 0 saturated carbocycles. The molecule has 0 radical (unpaired) electrons. The van der Waals surface area contributed by atoms with Crippen LogP contribution in [0.3, 0.4) is 0 Å². The van der Waals surface area contributed by atoms with E-state index in [4.69, 9.17) is 5.11 Å². The molecule has 0 saturated heterocycles. The van der Waals surface area contributed by atoms with Crippen LogP contribution in [-0.4, -0.2) is 22.2 Å². The fourth-order valence-corrected chi connectivity index (χ4v) is 0.886. The molecule has 0 unspecified atom stereocenters. The summed E-state index contributed by atoms with van der Waals surface area (Å²) in [7, 11) is 0. The van der Waals surface area contributed by atoms with E-state index in [0.717, 1.165) is 18.5 Å². The molecule has 0 spiro atoms. The minimum absolute atomic E-state index is 0.307. The van der Waals surface area contributed by atoms with E-state index in [0.29, 0.717) is 0 Å². The number of pyridine rings is 1. The Labute approximate surface area is 82.9 Å². The minimum atomic E-state index is -4.58. The number of alkyl halides is 3. The molecule has 1 aromatic heterocycles. The first kappa shape index (κ1) is 11.2. The molecule has 0 bridgehead atoms. The van der Waals surface area contributed by atoms with Crippen molar-refractivity contribution in [1.82, 2.24) is 4.98 Å². The maximum atomic E-state index is 12.2. The van der Waals surface area contributed by atoms with Crippen molar-refractivity contribution in [2.24, 2.45) is 0 Å². The van der Waals surface area contributed by atoms with Crippen LogP contribution in [0.1, 0.15) is 15.9 Å². The number of nitrogens with zero attached hydrogens (tertiary/aromatic N) is 1. The highest BCUT2D eigenvalue weighted by Gasteiger charge is 2.33. The molecule has 6 heteroatoms. The number of aromatic carboxylic acids is 1. The van der Waals surface area contributed by atoms with Gasteiger partial charge in [-0.05, 0) is 6.07 Å². The predicted octanol–water partition coefficient (Wildman–Crippen LogP) is 2.36. The Morgan fingerprint density at radius 3 is 2.33 bits per heavy atom. The van der Waals surface area contributed by atoms with Crippen molar-refractivity contribution in [1.29, 1.82) is 0 Å². The van der Waals surface area contributed by atoms with Gasteiger partial charge in [0.05, 0.1) is 11.1 Å². The average molecular weight is 217 g/mol. The molecule has 1 rings (SSSR count). The summed E-state index contributed by atoms with van der Waals surface area (Å²) >= 11 is 0. The molecule has 0 amide bonds. The van der Waals surface area contributed by atoms with Crippen LogP contribution in [0.4, 0.5) is 13.2 Å². The van der Waals surface area contributed by atoms with Crippen molar-refractivity contribution in [3.63, 3.8) is 0 Å². The number of rotatable bonds is 2. The summed E-state index contributed by atoms with van der Waals surface area (Å²) in [5.41, 5.74) is -1.77. The third-order valence-corrected chi connectivity index (χ3v) is 1.68. The van der Waals surface area contributed by atoms with Crippen LogP contribution in [0.5, 0.6) is 0 Å². The largest absolute Gasteiger partial charge is 0.478 e. The zero-order chi connectivity index (χ0) is 11.6. The fraction of sp³-hybridized carbons (Fsp3) is 0.111. The Morgan fingerprint density at radius 1 is 1.33 bits per heavy atom.